The quantitative estimate of drug-likeness (QED) is 0.852. The Morgan fingerprint density at radius 1 is 1.44 bits per heavy atom. The smallest absolute Gasteiger partial charge is 0.142 e. The van der Waals surface area contributed by atoms with Crippen molar-refractivity contribution in [1.29, 1.82) is 0 Å². The van der Waals surface area contributed by atoms with Gasteiger partial charge in [0.05, 0.1) is 4.47 Å². The van der Waals surface area contributed by atoms with Gasteiger partial charge in [-0.25, -0.2) is 4.39 Å². The molecule has 0 saturated heterocycles. The first-order valence-electron chi connectivity index (χ1n) is 5.73. The highest BCUT2D eigenvalue weighted by Gasteiger charge is 2.20. The summed E-state index contributed by atoms with van der Waals surface area (Å²) in [6, 6.07) is 5.55. The molecule has 3 heteroatoms. The molecule has 0 aliphatic rings. The zero-order valence-electron chi connectivity index (χ0n) is 10.1. The maximum atomic E-state index is 14.0. The van der Waals surface area contributed by atoms with Crippen LogP contribution in [-0.2, 0) is 0 Å². The van der Waals surface area contributed by atoms with Crippen LogP contribution < -0.4 is 5.32 Å². The third-order valence-electron chi connectivity index (χ3n) is 2.94. The minimum Gasteiger partial charge on any atom is -0.313 e. The van der Waals surface area contributed by atoms with Gasteiger partial charge < -0.3 is 5.32 Å². The Kier molecular flexibility index (Phi) is 5.42. The van der Waals surface area contributed by atoms with Gasteiger partial charge >= 0.3 is 0 Å². The van der Waals surface area contributed by atoms with Gasteiger partial charge in [0.15, 0.2) is 0 Å². The molecule has 0 radical (unpaired) electrons. The summed E-state index contributed by atoms with van der Waals surface area (Å²) in [7, 11) is 1.89. The molecule has 0 fully saturated rings. The van der Waals surface area contributed by atoms with Crippen molar-refractivity contribution in [3.05, 3.63) is 34.1 Å². The second-order valence-corrected chi connectivity index (χ2v) is 5.03. The van der Waals surface area contributed by atoms with Crippen LogP contribution in [0.2, 0.25) is 0 Å². The van der Waals surface area contributed by atoms with Crippen molar-refractivity contribution < 1.29 is 4.39 Å². The molecular formula is C13H19BrFN. The fraction of sp³-hybridized carbons (Fsp3) is 0.538. The van der Waals surface area contributed by atoms with Crippen LogP contribution in [-0.4, -0.2) is 7.05 Å². The Balaban J connectivity index is 2.99. The van der Waals surface area contributed by atoms with E-state index in [4.69, 9.17) is 0 Å². The van der Waals surface area contributed by atoms with E-state index in [0.29, 0.717) is 10.4 Å². The van der Waals surface area contributed by atoms with Gasteiger partial charge in [0, 0.05) is 11.6 Å². The second-order valence-electron chi connectivity index (χ2n) is 4.18. The third-order valence-corrected chi connectivity index (χ3v) is 3.55. The third kappa shape index (κ3) is 3.05. The van der Waals surface area contributed by atoms with Gasteiger partial charge in [0.2, 0.25) is 0 Å². The molecule has 90 valence electrons. The van der Waals surface area contributed by atoms with Crippen molar-refractivity contribution in [3.8, 4) is 0 Å². The lowest BCUT2D eigenvalue weighted by molar-refractivity contribution is 0.372. The molecule has 0 aromatic heterocycles. The topological polar surface area (TPSA) is 12.0 Å². The van der Waals surface area contributed by atoms with E-state index in [9.17, 15) is 4.39 Å². The highest BCUT2D eigenvalue weighted by Crippen LogP contribution is 2.30. The number of halogens is 2. The van der Waals surface area contributed by atoms with Crippen LogP contribution in [0.1, 0.15) is 38.3 Å². The van der Waals surface area contributed by atoms with E-state index in [0.717, 1.165) is 18.4 Å². The van der Waals surface area contributed by atoms with Crippen LogP contribution >= 0.6 is 15.9 Å². The van der Waals surface area contributed by atoms with Gasteiger partial charge in [-0.2, -0.15) is 0 Å². The summed E-state index contributed by atoms with van der Waals surface area (Å²) in [5, 5.41) is 3.21. The largest absolute Gasteiger partial charge is 0.313 e. The maximum Gasteiger partial charge on any atom is 0.142 e. The van der Waals surface area contributed by atoms with Crippen LogP contribution in [0, 0.1) is 11.7 Å². The highest BCUT2D eigenvalue weighted by atomic mass is 79.9. The molecule has 1 aromatic rings. The summed E-state index contributed by atoms with van der Waals surface area (Å²) in [5.41, 5.74) is 0.748. The monoisotopic (exact) mass is 287 g/mol. The molecule has 0 bridgehead atoms. The van der Waals surface area contributed by atoms with Crippen molar-refractivity contribution in [2.24, 2.45) is 5.92 Å². The molecule has 0 spiro atoms. The van der Waals surface area contributed by atoms with Gasteiger partial charge in [-0.05, 0) is 41.4 Å². The van der Waals surface area contributed by atoms with Crippen LogP contribution in [0.15, 0.2) is 22.7 Å². The van der Waals surface area contributed by atoms with Crippen molar-refractivity contribution in [2.75, 3.05) is 7.05 Å². The fourth-order valence-electron chi connectivity index (χ4n) is 2.13. The van der Waals surface area contributed by atoms with Crippen molar-refractivity contribution in [1.82, 2.24) is 5.32 Å². The normalized spacial score (nSPS) is 14.8. The first-order valence-corrected chi connectivity index (χ1v) is 6.52. The Labute approximate surface area is 106 Å². The highest BCUT2D eigenvalue weighted by molar-refractivity contribution is 9.10. The van der Waals surface area contributed by atoms with Gasteiger partial charge in [-0.3, -0.25) is 0 Å². The van der Waals surface area contributed by atoms with Crippen molar-refractivity contribution in [2.45, 2.75) is 32.7 Å². The maximum absolute atomic E-state index is 14.0. The number of rotatable bonds is 5. The van der Waals surface area contributed by atoms with E-state index < -0.39 is 0 Å². The summed E-state index contributed by atoms with van der Waals surface area (Å²) in [6.45, 7) is 4.31. The molecule has 0 amide bonds. The Bertz CT molecular complexity index is 341. The molecule has 2 unspecified atom stereocenters. The molecule has 1 rings (SSSR count). The number of nitrogens with one attached hydrogen (secondary N) is 1. The molecule has 16 heavy (non-hydrogen) atoms. The number of hydrogen-bond donors (Lipinski definition) is 1. The first-order chi connectivity index (χ1) is 7.61. The molecule has 1 aromatic carbocycles. The lowest BCUT2D eigenvalue weighted by atomic mass is 9.91. The van der Waals surface area contributed by atoms with E-state index in [1.165, 1.54) is 0 Å². The fourth-order valence-corrected chi connectivity index (χ4v) is 2.51. The van der Waals surface area contributed by atoms with E-state index in [-0.39, 0.29) is 11.9 Å². The zero-order chi connectivity index (χ0) is 12.1. The van der Waals surface area contributed by atoms with Gasteiger partial charge in [0.1, 0.15) is 5.82 Å². The van der Waals surface area contributed by atoms with E-state index >= 15 is 0 Å². The van der Waals surface area contributed by atoms with Gasteiger partial charge in [-0.15, -0.1) is 0 Å². The molecular weight excluding hydrogens is 269 g/mol. The minimum atomic E-state index is -0.148. The van der Waals surface area contributed by atoms with Crippen LogP contribution in [0.25, 0.3) is 0 Å². The van der Waals surface area contributed by atoms with Crippen molar-refractivity contribution >= 4 is 15.9 Å². The van der Waals surface area contributed by atoms with E-state index in [2.05, 4.69) is 35.1 Å². The van der Waals surface area contributed by atoms with Gasteiger partial charge in [0.25, 0.3) is 0 Å². The Morgan fingerprint density at radius 2 is 2.12 bits per heavy atom. The average molecular weight is 288 g/mol. The predicted molar refractivity (Wildman–Crippen MR) is 70.0 cm³/mol. The molecule has 1 nitrogen and oxygen atoms in total. The molecule has 0 aliphatic heterocycles. The van der Waals surface area contributed by atoms with E-state index in [1.54, 1.807) is 6.07 Å². The Morgan fingerprint density at radius 3 is 2.69 bits per heavy atom. The van der Waals surface area contributed by atoms with E-state index in [1.807, 2.05) is 19.2 Å². The lowest BCUT2D eigenvalue weighted by Crippen LogP contribution is -2.24. The molecule has 0 aliphatic carbocycles. The molecule has 0 heterocycles. The lowest BCUT2D eigenvalue weighted by Gasteiger charge is -2.24. The standard InChI is InChI=1S/C13H19BrFN/c1-4-6-9(2)13(16-3)10-7-5-8-11(14)12(10)15/h5,7-9,13,16H,4,6H2,1-3H3. The first kappa shape index (κ1) is 13.7. The van der Waals surface area contributed by atoms with Crippen LogP contribution in [0.3, 0.4) is 0 Å². The second kappa shape index (κ2) is 6.36. The summed E-state index contributed by atoms with van der Waals surface area (Å²) in [5.74, 6) is 0.281. The number of benzene rings is 1. The van der Waals surface area contributed by atoms with Crippen molar-refractivity contribution in [3.63, 3.8) is 0 Å². The SMILES string of the molecule is CCCC(C)C(NC)c1cccc(Br)c1F. The zero-order valence-corrected chi connectivity index (χ0v) is 11.6. The summed E-state index contributed by atoms with van der Waals surface area (Å²) < 4.78 is 14.5. The molecule has 1 N–H and O–H groups in total. The van der Waals surface area contributed by atoms with Gasteiger partial charge in [-0.1, -0.05) is 32.4 Å². The number of hydrogen-bond acceptors (Lipinski definition) is 1. The van der Waals surface area contributed by atoms with Crippen LogP contribution in [0.5, 0.6) is 0 Å². The minimum absolute atomic E-state index is 0.0810. The summed E-state index contributed by atoms with van der Waals surface area (Å²) in [4.78, 5) is 0. The molecule has 2 atom stereocenters. The average Bonchev–Trinajstić information content (AvgIpc) is 2.25. The van der Waals surface area contributed by atoms with Crippen LogP contribution in [0.4, 0.5) is 4.39 Å². The summed E-state index contributed by atoms with van der Waals surface area (Å²) >= 11 is 3.23. The Hall–Kier alpha value is -0.410. The predicted octanol–water partition coefficient (Wildman–Crippen LogP) is 4.28. The summed E-state index contributed by atoms with van der Waals surface area (Å²) in [6.07, 6.45) is 2.21. The molecule has 0 saturated carbocycles.